The van der Waals surface area contributed by atoms with Crippen LogP contribution in [0.15, 0.2) is 16.5 Å². The van der Waals surface area contributed by atoms with E-state index < -0.39 is 5.97 Å². The zero-order valence-electron chi connectivity index (χ0n) is 9.81. The van der Waals surface area contributed by atoms with Gasteiger partial charge in [-0.2, -0.15) is 0 Å². The third-order valence-corrected chi connectivity index (χ3v) is 2.74. The molecular weight excluding hydrogens is 293 g/mol. The first-order valence-corrected chi connectivity index (χ1v) is 5.93. The quantitative estimate of drug-likeness (QED) is 0.692. The van der Waals surface area contributed by atoms with Crippen molar-refractivity contribution >= 4 is 34.9 Å². The van der Waals surface area contributed by atoms with Crippen LogP contribution in [0.4, 0.5) is 5.69 Å². The Morgan fingerprint density at radius 3 is 2.79 bits per heavy atom. The van der Waals surface area contributed by atoms with Crippen LogP contribution >= 0.6 is 23.2 Å². The van der Waals surface area contributed by atoms with E-state index in [2.05, 4.69) is 10.2 Å². The Morgan fingerprint density at radius 1 is 1.42 bits per heavy atom. The minimum atomic E-state index is -0.669. The average Bonchev–Trinajstić information content (AvgIpc) is 2.76. The summed E-state index contributed by atoms with van der Waals surface area (Å²) in [6, 6.07) is 2.82. The van der Waals surface area contributed by atoms with E-state index in [4.69, 9.17) is 38.1 Å². The van der Waals surface area contributed by atoms with Gasteiger partial charge in [-0.1, -0.05) is 23.2 Å². The minimum Gasteiger partial charge on any atom is -0.452 e. The fourth-order valence-corrected chi connectivity index (χ4v) is 1.85. The number of nitrogens with zero attached hydrogens (tertiary/aromatic N) is 2. The fraction of sp³-hybridized carbons (Fsp3) is 0.182. The number of rotatable bonds is 3. The summed E-state index contributed by atoms with van der Waals surface area (Å²) in [5.41, 5.74) is 5.88. The Kier molecular flexibility index (Phi) is 3.92. The molecule has 0 aliphatic heterocycles. The second-order valence-corrected chi connectivity index (χ2v) is 4.48. The Hall–Kier alpha value is -1.79. The summed E-state index contributed by atoms with van der Waals surface area (Å²) >= 11 is 11.6. The summed E-state index contributed by atoms with van der Waals surface area (Å²) in [6.07, 6.45) is 0. The van der Waals surface area contributed by atoms with Crippen molar-refractivity contribution < 1.29 is 13.9 Å². The smallest absolute Gasteiger partial charge is 0.340 e. The number of nitrogen functional groups attached to an aromatic ring is 1. The first kappa shape index (κ1) is 13.6. The van der Waals surface area contributed by atoms with Crippen LogP contribution in [-0.4, -0.2) is 16.2 Å². The lowest BCUT2D eigenvalue weighted by Gasteiger charge is -2.07. The largest absolute Gasteiger partial charge is 0.452 e. The summed E-state index contributed by atoms with van der Waals surface area (Å²) in [6.45, 7) is 1.48. The molecule has 2 aromatic rings. The highest BCUT2D eigenvalue weighted by molar-refractivity contribution is 6.37. The van der Waals surface area contributed by atoms with E-state index in [1.54, 1.807) is 6.92 Å². The zero-order valence-corrected chi connectivity index (χ0v) is 11.3. The topological polar surface area (TPSA) is 91.2 Å². The number of benzene rings is 1. The maximum absolute atomic E-state index is 11.8. The number of ether oxygens (including phenoxy) is 1. The monoisotopic (exact) mass is 301 g/mol. The molecule has 0 spiro atoms. The van der Waals surface area contributed by atoms with Crippen LogP contribution in [0.1, 0.15) is 22.1 Å². The van der Waals surface area contributed by atoms with Crippen LogP contribution in [0.5, 0.6) is 0 Å². The molecule has 0 aliphatic rings. The molecule has 0 bridgehead atoms. The number of carbonyl (C=O) groups is 1. The van der Waals surface area contributed by atoms with Gasteiger partial charge in [0.25, 0.3) is 5.89 Å². The van der Waals surface area contributed by atoms with Gasteiger partial charge in [0.1, 0.15) is 0 Å². The van der Waals surface area contributed by atoms with Gasteiger partial charge in [0.2, 0.25) is 5.89 Å². The van der Waals surface area contributed by atoms with E-state index in [1.807, 2.05) is 0 Å². The first-order chi connectivity index (χ1) is 8.97. The molecule has 100 valence electrons. The van der Waals surface area contributed by atoms with Crippen LogP contribution < -0.4 is 5.73 Å². The standard InChI is InChI=1S/C11H9Cl2N3O3/c1-5-15-16-9(19-5)4-18-11(17)7-2-6(12)3-8(13)10(7)14/h2-3H,4,14H2,1H3. The summed E-state index contributed by atoms with van der Waals surface area (Å²) in [5.74, 6) is -0.0911. The minimum absolute atomic E-state index is 0.0914. The van der Waals surface area contributed by atoms with Crippen molar-refractivity contribution in [3.8, 4) is 0 Å². The van der Waals surface area contributed by atoms with E-state index in [9.17, 15) is 4.79 Å². The average molecular weight is 302 g/mol. The number of aryl methyl sites for hydroxylation is 1. The van der Waals surface area contributed by atoms with Crippen LogP contribution in [-0.2, 0) is 11.3 Å². The van der Waals surface area contributed by atoms with Crippen molar-refractivity contribution in [2.75, 3.05) is 5.73 Å². The fourth-order valence-electron chi connectivity index (χ4n) is 1.35. The molecule has 8 heteroatoms. The molecule has 0 amide bonds. The molecule has 0 aliphatic carbocycles. The highest BCUT2D eigenvalue weighted by Crippen LogP contribution is 2.28. The second-order valence-electron chi connectivity index (χ2n) is 3.64. The number of aromatic nitrogens is 2. The molecule has 0 radical (unpaired) electrons. The van der Waals surface area contributed by atoms with Gasteiger partial charge in [-0.3, -0.25) is 0 Å². The lowest BCUT2D eigenvalue weighted by atomic mass is 10.2. The van der Waals surface area contributed by atoms with Crippen LogP contribution in [0.2, 0.25) is 10.0 Å². The van der Waals surface area contributed by atoms with Crippen molar-refractivity contribution in [2.45, 2.75) is 13.5 Å². The molecule has 1 aromatic heterocycles. The van der Waals surface area contributed by atoms with Gasteiger partial charge in [0, 0.05) is 11.9 Å². The summed E-state index contributed by atoms with van der Waals surface area (Å²) < 4.78 is 10.1. The van der Waals surface area contributed by atoms with Gasteiger partial charge in [-0.05, 0) is 12.1 Å². The number of carbonyl (C=O) groups excluding carboxylic acids is 1. The van der Waals surface area contributed by atoms with E-state index >= 15 is 0 Å². The molecular formula is C11H9Cl2N3O3. The SMILES string of the molecule is Cc1nnc(COC(=O)c2cc(Cl)cc(Cl)c2N)o1. The normalized spacial score (nSPS) is 10.5. The molecule has 0 saturated carbocycles. The molecule has 1 heterocycles. The third kappa shape index (κ3) is 3.15. The Morgan fingerprint density at radius 2 is 2.16 bits per heavy atom. The first-order valence-electron chi connectivity index (χ1n) is 5.18. The van der Waals surface area contributed by atoms with Gasteiger partial charge >= 0.3 is 5.97 Å². The zero-order chi connectivity index (χ0) is 14.0. The predicted octanol–water partition coefficient (Wildman–Crippen LogP) is 2.62. The number of hydrogen-bond acceptors (Lipinski definition) is 6. The maximum Gasteiger partial charge on any atom is 0.340 e. The molecule has 0 saturated heterocycles. The summed E-state index contributed by atoms with van der Waals surface area (Å²) in [5, 5.41) is 7.78. The number of nitrogens with two attached hydrogens (primary N) is 1. The lowest BCUT2D eigenvalue weighted by Crippen LogP contribution is -2.09. The highest BCUT2D eigenvalue weighted by Gasteiger charge is 2.16. The highest BCUT2D eigenvalue weighted by atomic mass is 35.5. The third-order valence-electron chi connectivity index (χ3n) is 2.21. The van der Waals surface area contributed by atoms with Crippen LogP contribution in [0.25, 0.3) is 0 Å². The molecule has 0 unspecified atom stereocenters. The van der Waals surface area contributed by atoms with Crippen molar-refractivity contribution in [3.05, 3.63) is 39.5 Å². The van der Waals surface area contributed by atoms with Crippen LogP contribution in [0, 0.1) is 6.92 Å². The molecule has 0 atom stereocenters. The van der Waals surface area contributed by atoms with Gasteiger partial charge in [0.15, 0.2) is 6.61 Å². The number of anilines is 1. The van der Waals surface area contributed by atoms with Crippen molar-refractivity contribution in [1.29, 1.82) is 0 Å². The van der Waals surface area contributed by atoms with Gasteiger partial charge in [-0.15, -0.1) is 10.2 Å². The van der Waals surface area contributed by atoms with Crippen molar-refractivity contribution in [1.82, 2.24) is 10.2 Å². The van der Waals surface area contributed by atoms with E-state index in [0.29, 0.717) is 10.9 Å². The molecule has 2 N–H and O–H groups in total. The lowest BCUT2D eigenvalue weighted by molar-refractivity contribution is 0.0438. The Balaban J connectivity index is 2.12. The molecule has 0 fully saturated rings. The maximum atomic E-state index is 11.8. The van der Waals surface area contributed by atoms with Gasteiger partial charge in [-0.25, -0.2) is 4.79 Å². The van der Waals surface area contributed by atoms with E-state index in [0.717, 1.165) is 0 Å². The predicted molar refractivity (Wildman–Crippen MR) is 69.0 cm³/mol. The molecule has 1 aromatic carbocycles. The molecule has 19 heavy (non-hydrogen) atoms. The number of esters is 1. The van der Waals surface area contributed by atoms with Gasteiger partial charge < -0.3 is 14.9 Å². The van der Waals surface area contributed by atoms with E-state index in [1.165, 1.54) is 12.1 Å². The van der Waals surface area contributed by atoms with Crippen molar-refractivity contribution in [3.63, 3.8) is 0 Å². The summed E-state index contributed by atoms with van der Waals surface area (Å²) in [4.78, 5) is 11.8. The van der Waals surface area contributed by atoms with Gasteiger partial charge in [0.05, 0.1) is 16.3 Å². The molecule has 2 rings (SSSR count). The van der Waals surface area contributed by atoms with E-state index in [-0.39, 0.29) is 28.8 Å². The van der Waals surface area contributed by atoms with Crippen molar-refractivity contribution in [2.24, 2.45) is 0 Å². The van der Waals surface area contributed by atoms with Crippen LogP contribution in [0.3, 0.4) is 0 Å². The second kappa shape index (κ2) is 5.46. The molecule has 6 nitrogen and oxygen atoms in total. The number of hydrogen-bond donors (Lipinski definition) is 1. The Labute approximate surface area is 118 Å². The number of halogens is 2. The Bertz CT molecular complexity index is 628. The summed E-state index contributed by atoms with van der Waals surface area (Å²) in [7, 11) is 0.